The van der Waals surface area contributed by atoms with Gasteiger partial charge in [-0.3, -0.25) is 4.79 Å². The molecule has 0 radical (unpaired) electrons. The number of rotatable bonds is 6. The van der Waals surface area contributed by atoms with Crippen LogP contribution in [0.25, 0.3) is 5.76 Å². The van der Waals surface area contributed by atoms with E-state index in [-0.39, 0.29) is 17.1 Å². The molecular formula is C24H28N3O3PS. The topological polar surface area (TPSA) is 82.9 Å². The Morgan fingerprint density at radius 1 is 1.28 bits per heavy atom. The average Bonchev–Trinajstić information content (AvgIpc) is 2.77. The summed E-state index contributed by atoms with van der Waals surface area (Å²) in [4.78, 5) is 18.7. The largest absolute Gasteiger partial charge is 0.506 e. The van der Waals surface area contributed by atoms with Crippen LogP contribution in [0.5, 0.6) is 0 Å². The zero-order valence-electron chi connectivity index (χ0n) is 18.9. The Morgan fingerprint density at radius 2 is 2.03 bits per heavy atom. The van der Waals surface area contributed by atoms with E-state index in [0.717, 1.165) is 22.2 Å². The predicted octanol–water partition coefficient (Wildman–Crippen LogP) is 5.45. The summed E-state index contributed by atoms with van der Waals surface area (Å²) in [5.41, 5.74) is 2.71. The van der Waals surface area contributed by atoms with E-state index >= 15 is 0 Å². The van der Waals surface area contributed by atoms with Crippen molar-refractivity contribution in [2.75, 3.05) is 18.1 Å². The summed E-state index contributed by atoms with van der Waals surface area (Å²) in [6, 6.07) is 13.5. The Labute approximate surface area is 194 Å². The van der Waals surface area contributed by atoms with Gasteiger partial charge in [0.1, 0.15) is 17.2 Å². The van der Waals surface area contributed by atoms with Crippen molar-refractivity contribution in [3.63, 3.8) is 0 Å². The Balaban J connectivity index is 1.88. The number of aliphatic imine (C=N–C) groups is 1. The summed E-state index contributed by atoms with van der Waals surface area (Å²) < 4.78 is 8.97. The van der Waals surface area contributed by atoms with E-state index in [4.69, 9.17) is 9.52 Å². The highest BCUT2D eigenvalue weighted by atomic mass is 32.2. The quantitative estimate of drug-likeness (QED) is 0.386. The normalized spacial score (nSPS) is 22.2. The van der Waals surface area contributed by atoms with Gasteiger partial charge >= 0.3 is 0 Å². The maximum absolute atomic E-state index is 13.9. The lowest BCUT2D eigenvalue weighted by molar-refractivity contribution is -0.120. The number of ketones is 1. The first-order valence-electron chi connectivity index (χ1n) is 10.5. The molecule has 6 nitrogen and oxygen atoms in total. The monoisotopic (exact) mass is 469 g/mol. The van der Waals surface area contributed by atoms with Gasteiger partial charge in [0.15, 0.2) is 14.1 Å². The van der Waals surface area contributed by atoms with Crippen LogP contribution in [0, 0.1) is 5.92 Å². The summed E-state index contributed by atoms with van der Waals surface area (Å²) >= 11 is 1.51. The minimum atomic E-state index is -1.26. The number of carbonyl (C=O) groups excluding carboxylic acids is 1. The van der Waals surface area contributed by atoms with Gasteiger partial charge in [0, 0.05) is 24.6 Å². The maximum Gasteiger partial charge on any atom is 0.180 e. The molecule has 0 amide bonds. The Bertz CT molecular complexity index is 1130. The molecule has 2 aromatic rings. The van der Waals surface area contributed by atoms with Gasteiger partial charge in [-0.15, -0.1) is 0 Å². The number of anilines is 1. The smallest absolute Gasteiger partial charge is 0.180 e. The number of aliphatic hydroxyl groups excluding tert-OH is 1. The molecule has 8 heteroatoms. The van der Waals surface area contributed by atoms with Gasteiger partial charge in [0.25, 0.3) is 0 Å². The van der Waals surface area contributed by atoms with Crippen LogP contribution >= 0.6 is 20.2 Å². The van der Waals surface area contributed by atoms with Crippen LogP contribution in [0.4, 0.5) is 11.4 Å². The predicted molar refractivity (Wildman–Crippen MR) is 135 cm³/mol. The van der Waals surface area contributed by atoms with Gasteiger partial charge in [-0.25, -0.2) is 4.99 Å². The lowest BCUT2D eigenvalue weighted by atomic mass is 9.66. The summed E-state index contributed by atoms with van der Waals surface area (Å²) in [6.07, 6.45) is 2.63. The van der Waals surface area contributed by atoms with Crippen LogP contribution < -0.4 is 15.1 Å². The van der Waals surface area contributed by atoms with Crippen LogP contribution in [-0.2, 0) is 14.7 Å². The number of hydrogen-bond donors (Lipinski definition) is 3. The average molecular weight is 470 g/mol. The van der Waals surface area contributed by atoms with Crippen LogP contribution in [0.2, 0.25) is 0 Å². The van der Waals surface area contributed by atoms with Gasteiger partial charge in [-0.2, -0.15) is 0 Å². The lowest BCUT2D eigenvalue weighted by Gasteiger charge is -2.37. The van der Waals surface area contributed by atoms with E-state index < -0.39 is 13.7 Å². The van der Waals surface area contributed by atoms with Crippen molar-refractivity contribution < 1.29 is 14.4 Å². The third-order valence-corrected chi connectivity index (χ3v) is 7.85. The molecule has 32 heavy (non-hydrogen) atoms. The number of carbonyl (C=O) groups is 1. The summed E-state index contributed by atoms with van der Waals surface area (Å²) in [6.45, 7) is 6.18. The number of Topliss-reactive ketones (excluding diaryl/α,β-unsaturated/α-hetero) is 1. The van der Waals surface area contributed by atoms with Crippen molar-refractivity contribution in [2.45, 2.75) is 32.6 Å². The van der Waals surface area contributed by atoms with E-state index in [0.29, 0.717) is 23.7 Å². The first-order chi connectivity index (χ1) is 15.3. The fourth-order valence-corrected chi connectivity index (χ4v) is 6.28. The molecular weight excluding hydrogens is 441 g/mol. The highest BCUT2D eigenvalue weighted by molar-refractivity contribution is 7.99. The number of benzene rings is 2. The van der Waals surface area contributed by atoms with E-state index in [2.05, 4.69) is 23.7 Å². The van der Waals surface area contributed by atoms with Gasteiger partial charge < -0.3 is 19.4 Å². The Kier molecular flexibility index (Phi) is 6.35. The lowest BCUT2D eigenvalue weighted by Crippen LogP contribution is -2.44. The van der Waals surface area contributed by atoms with Crippen molar-refractivity contribution in [1.29, 1.82) is 0 Å². The zero-order chi connectivity index (χ0) is 23.0. The fourth-order valence-electron chi connectivity index (χ4n) is 4.57. The molecule has 2 aromatic carbocycles. The van der Waals surface area contributed by atoms with Gasteiger partial charge in [-0.05, 0) is 43.0 Å². The van der Waals surface area contributed by atoms with E-state index in [9.17, 15) is 9.90 Å². The maximum atomic E-state index is 13.9. The summed E-state index contributed by atoms with van der Waals surface area (Å²) in [5, 5.41) is 15.5. The molecule has 2 atom stereocenters. The van der Waals surface area contributed by atoms with Gasteiger partial charge in [0.2, 0.25) is 0 Å². The van der Waals surface area contributed by atoms with Crippen LogP contribution in [0.15, 0.2) is 53.0 Å². The SMILES string of the molecule is COP1NC(C2=C(O)c3ccccc3C(C)(CC(C)C)C2=O)=Nc2ccc(NSC)cc21. The minimum absolute atomic E-state index is 0.0340. The molecule has 0 bridgehead atoms. The molecule has 2 aliphatic rings. The van der Waals surface area contributed by atoms with Crippen molar-refractivity contribution >= 4 is 54.3 Å². The molecule has 1 aliphatic carbocycles. The van der Waals surface area contributed by atoms with Crippen LogP contribution in [0.1, 0.15) is 38.3 Å². The third kappa shape index (κ3) is 3.83. The molecule has 1 heterocycles. The molecule has 0 spiro atoms. The first kappa shape index (κ1) is 22.8. The molecule has 1 aliphatic heterocycles. The van der Waals surface area contributed by atoms with Gasteiger partial charge in [-0.1, -0.05) is 50.1 Å². The van der Waals surface area contributed by atoms with Gasteiger partial charge in [0.05, 0.1) is 16.4 Å². The Hall–Kier alpha value is -2.34. The zero-order valence-corrected chi connectivity index (χ0v) is 20.6. The van der Waals surface area contributed by atoms with Crippen molar-refractivity contribution in [3.8, 4) is 0 Å². The standard InChI is InChI=1S/C24H28N3O3PS/c1-14(2)13-24(3)17-9-7-6-8-16(17)21(28)20(22(24)29)23-25-18-11-10-15(27-32-5)12-19(18)31(26-23)30-4/h6-12,14,27-28H,13H2,1-5H3,(H,25,26). The second-order valence-corrected chi connectivity index (χ2v) is 10.9. The number of hydrogen-bond acceptors (Lipinski definition) is 7. The molecule has 3 N–H and O–H groups in total. The molecule has 0 fully saturated rings. The van der Waals surface area contributed by atoms with Crippen LogP contribution in [0.3, 0.4) is 0 Å². The molecule has 168 valence electrons. The fraction of sp³-hybridized carbons (Fsp3) is 0.333. The van der Waals surface area contributed by atoms with Crippen LogP contribution in [-0.4, -0.2) is 30.1 Å². The van der Waals surface area contributed by atoms with Crippen molar-refractivity contribution in [3.05, 3.63) is 59.2 Å². The first-order valence-corrected chi connectivity index (χ1v) is 13.0. The van der Waals surface area contributed by atoms with Crippen molar-refractivity contribution in [1.82, 2.24) is 5.09 Å². The van der Waals surface area contributed by atoms with Crippen molar-refractivity contribution in [2.24, 2.45) is 10.9 Å². The number of fused-ring (bicyclic) bond motifs is 2. The second-order valence-electron chi connectivity index (χ2n) is 8.59. The number of nitrogens with zero attached hydrogens (tertiary/aromatic N) is 1. The summed E-state index contributed by atoms with van der Waals surface area (Å²) in [5.74, 6) is 0.513. The molecule has 0 aromatic heterocycles. The van der Waals surface area contributed by atoms with E-state index in [1.54, 1.807) is 7.11 Å². The minimum Gasteiger partial charge on any atom is -0.506 e. The number of nitrogens with one attached hydrogen (secondary N) is 2. The molecule has 2 unspecified atom stereocenters. The van der Waals surface area contributed by atoms with E-state index in [1.165, 1.54) is 11.9 Å². The molecule has 4 rings (SSSR count). The summed E-state index contributed by atoms with van der Waals surface area (Å²) in [7, 11) is 0.377. The number of amidine groups is 1. The highest BCUT2D eigenvalue weighted by Crippen LogP contribution is 2.46. The number of aliphatic hydroxyl groups is 1. The third-order valence-electron chi connectivity index (χ3n) is 5.83. The second kappa shape index (κ2) is 8.89. The van der Waals surface area contributed by atoms with E-state index in [1.807, 2.05) is 55.6 Å². The molecule has 0 saturated heterocycles. The molecule has 0 saturated carbocycles. The highest BCUT2D eigenvalue weighted by Gasteiger charge is 2.46. The Morgan fingerprint density at radius 3 is 2.72 bits per heavy atom.